The SMILES string of the molecule is Cc1cncnc1C1CCN(C(=O)c2ccc(-n3cnnn3)cc2O)CC1. The van der Waals surface area contributed by atoms with E-state index in [1.54, 1.807) is 23.4 Å². The molecule has 0 aliphatic carbocycles. The predicted octanol–water partition coefficient (Wildman–Crippen LogP) is 1.49. The van der Waals surface area contributed by atoms with Crippen LogP contribution in [0.3, 0.4) is 0 Å². The summed E-state index contributed by atoms with van der Waals surface area (Å²) in [6, 6.07) is 4.80. The Balaban J connectivity index is 1.46. The fourth-order valence-electron chi connectivity index (χ4n) is 3.49. The molecule has 3 aromatic rings. The molecule has 9 heteroatoms. The number of hydrogen-bond acceptors (Lipinski definition) is 7. The van der Waals surface area contributed by atoms with Gasteiger partial charge in [0.1, 0.15) is 18.4 Å². The number of hydrogen-bond donors (Lipinski definition) is 1. The third-order valence-corrected chi connectivity index (χ3v) is 4.93. The Morgan fingerprint density at radius 3 is 2.74 bits per heavy atom. The predicted molar refractivity (Wildman–Crippen MR) is 95.5 cm³/mol. The summed E-state index contributed by atoms with van der Waals surface area (Å²) in [5.41, 5.74) is 3.01. The summed E-state index contributed by atoms with van der Waals surface area (Å²) in [6.45, 7) is 3.26. The maximum atomic E-state index is 12.8. The number of aryl methyl sites for hydroxylation is 1. The van der Waals surface area contributed by atoms with E-state index in [4.69, 9.17) is 0 Å². The van der Waals surface area contributed by atoms with Crippen molar-refractivity contribution < 1.29 is 9.90 Å². The molecule has 0 atom stereocenters. The van der Waals surface area contributed by atoms with Crippen LogP contribution >= 0.6 is 0 Å². The Hall–Kier alpha value is -3.36. The molecular weight excluding hydrogens is 346 g/mol. The van der Waals surface area contributed by atoms with Crippen LogP contribution in [0.5, 0.6) is 5.75 Å². The van der Waals surface area contributed by atoms with Gasteiger partial charge in [0.05, 0.1) is 11.3 Å². The van der Waals surface area contributed by atoms with Crippen molar-refractivity contribution in [1.29, 1.82) is 0 Å². The van der Waals surface area contributed by atoms with Crippen LogP contribution < -0.4 is 0 Å². The van der Waals surface area contributed by atoms with Gasteiger partial charge in [-0.15, -0.1) is 5.10 Å². The number of carbonyl (C=O) groups is 1. The van der Waals surface area contributed by atoms with Gasteiger partial charge in [0.25, 0.3) is 5.91 Å². The Bertz CT molecular complexity index is 950. The molecule has 0 saturated carbocycles. The molecule has 1 aliphatic heterocycles. The van der Waals surface area contributed by atoms with Crippen molar-refractivity contribution in [2.45, 2.75) is 25.7 Å². The Morgan fingerprint density at radius 2 is 2.07 bits per heavy atom. The van der Waals surface area contributed by atoms with E-state index in [0.29, 0.717) is 24.7 Å². The van der Waals surface area contributed by atoms with Crippen molar-refractivity contribution in [3.05, 3.63) is 53.9 Å². The highest BCUT2D eigenvalue weighted by molar-refractivity contribution is 5.97. The molecule has 1 saturated heterocycles. The first-order valence-electron chi connectivity index (χ1n) is 8.75. The molecule has 0 radical (unpaired) electrons. The van der Waals surface area contributed by atoms with Crippen LogP contribution in [-0.4, -0.2) is 59.2 Å². The topological polar surface area (TPSA) is 110 Å². The molecule has 0 spiro atoms. The molecule has 0 bridgehead atoms. The Kier molecular flexibility index (Phi) is 4.49. The van der Waals surface area contributed by atoms with Gasteiger partial charge < -0.3 is 10.0 Å². The van der Waals surface area contributed by atoms with Gasteiger partial charge >= 0.3 is 0 Å². The van der Waals surface area contributed by atoms with Crippen LogP contribution in [-0.2, 0) is 0 Å². The van der Waals surface area contributed by atoms with E-state index in [1.807, 2.05) is 13.1 Å². The molecule has 1 fully saturated rings. The summed E-state index contributed by atoms with van der Waals surface area (Å²) in [7, 11) is 0. The lowest BCUT2D eigenvalue weighted by molar-refractivity contribution is 0.0709. The first-order chi connectivity index (χ1) is 13.1. The quantitative estimate of drug-likeness (QED) is 0.748. The number of rotatable bonds is 3. The summed E-state index contributed by atoms with van der Waals surface area (Å²) in [5, 5.41) is 21.2. The van der Waals surface area contributed by atoms with E-state index in [-0.39, 0.29) is 17.2 Å². The highest BCUT2D eigenvalue weighted by Crippen LogP contribution is 2.30. The average molecular weight is 365 g/mol. The van der Waals surface area contributed by atoms with Crippen molar-refractivity contribution >= 4 is 5.91 Å². The smallest absolute Gasteiger partial charge is 0.257 e. The molecule has 0 unspecified atom stereocenters. The van der Waals surface area contributed by atoms with Crippen molar-refractivity contribution in [1.82, 2.24) is 35.1 Å². The first kappa shape index (κ1) is 17.1. The number of phenolic OH excluding ortho intramolecular Hbond substituents is 1. The van der Waals surface area contributed by atoms with Crippen molar-refractivity contribution in [2.75, 3.05) is 13.1 Å². The van der Waals surface area contributed by atoms with E-state index in [9.17, 15) is 9.90 Å². The van der Waals surface area contributed by atoms with Crippen molar-refractivity contribution in [3.8, 4) is 11.4 Å². The minimum Gasteiger partial charge on any atom is -0.507 e. The number of aromatic nitrogens is 6. The number of benzene rings is 1. The van der Waals surface area contributed by atoms with Crippen LogP contribution in [0.1, 0.15) is 40.4 Å². The Morgan fingerprint density at radius 1 is 1.26 bits per heavy atom. The fraction of sp³-hybridized carbons (Fsp3) is 0.333. The van der Waals surface area contributed by atoms with Crippen LogP contribution in [0, 0.1) is 6.92 Å². The molecule has 1 aliphatic rings. The minimum absolute atomic E-state index is 0.0817. The maximum Gasteiger partial charge on any atom is 0.257 e. The number of piperidine rings is 1. The van der Waals surface area contributed by atoms with Crippen LogP contribution in [0.25, 0.3) is 5.69 Å². The lowest BCUT2D eigenvalue weighted by atomic mass is 9.91. The molecule has 1 aromatic carbocycles. The first-order valence-corrected chi connectivity index (χ1v) is 8.75. The lowest BCUT2D eigenvalue weighted by Crippen LogP contribution is -2.38. The zero-order valence-electron chi connectivity index (χ0n) is 14.9. The van der Waals surface area contributed by atoms with Gasteiger partial charge in [-0.3, -0.25) is 4.79 Å². The second-order valence-electron chi connectivity index (χ2n) is 6.61. The molecule has 9 nitrogen and oxygen atoms in total. The van der Waals surface area contributed by atoms with Crippen molar-refractivity contribution in [3.63, 3.8) is 0 Å². The fourth-order valence-corrected chi connectivity index (χ4v) is 3.49. The zero-order valence-corrected chi connectivity index (χ0v) is 14.9. The minimum atomic E-state index is -0.173. The maximum absolute atomic E-state index is 12.8. The second-order valence-corrected chi connectivity index (χ2v) is 6.61. The van der Waals surface area contributed by atoms with Crippen LogP contribution in [0.4, 0.5) is 0 Å². The van der Waals surface area contributed by atoms with Crippen molar-refractivity contribution in [2.24, 2.45) is 0 Å². The normalized spacial score (nSPS) is 15.1. The van der Waals surface area contributed by atoms with Gasteiger partial charge in [-0.05, 0) is 47.9 Å². The number of carbonyl (C=O) groups excluding carboxylic acids is 1. The highest BCUT2D eigenvalue weighted by Gasteiger charge is 2.27. The summed E-state index contributed by atoms with van der Waals surface area (Å²) < 4.78 is 1.42. The average Bonchev–Trinajstić information content (AvgIpc) is 3.23. The van der Waals surface area contributed by atoms with Gasteiger partial charge in [0.15, 0.2) is 0 Å². The molecule has 4 rings (SSSR count). The van der Waals surface area contributed by atoms with Crippen LogP contribution in [0.15, 0.2) is 37.1 Å². The van der Waals surface area contributed by atoms with E-state index >= 15 is 0 Å². The Labute approximate surface area is 155 Å². The largest absolute Gasteiger partial charge is 0.507 e. The number of likely N-dealkylation sites (tertiary alicyclic amines) is 1. The zero-order chi connectivity index (χ0) is 18.8. The van der Waals surface area contributed by atoms with Gasteiger partial charge in [-0.25, -0.2) is 14.6 Å². The third-order valence-electron chi connectivity index (χ3n) is 4.93. The van der Waals surface area contributed by atoms with E-state index in [0.717, 1.165) is 24.1 Å². The molecule has 2 aromatic heterocycles. The second kappa shape index (κ2) is 7.10. The number of amides is 1. The van der Waals surface area contributed by atoms with Crippen LogP contribution in [0.2, 0.25) is 0 Å². The molecule has 27 heavy (non-hydrogen) atoms. The summed E-state index contributed by atoms with van der Waals surface area (Å²) in [6.07, 6.45) is 6.50. The number of nitrogens with zero attached hydrogens (tertiary/aromatic N) is 7. The van der Waals surface area contributed by atoms with Gasteiger partial charge in [-0.2, -0.15) is 0 Å². The van der Waals surface area contributed by atoms with E-state index in [1.165, 1.54) is 17.1 Å². The summed E-state index contributed by atoms with van der Waals surface area (Å²) >= 11 is 0. The van der Waals surface area contributed by atoms with Gasteiger partial charge in [0.2, 0.25) is 0 Å². The lowest BCUT2D eigenvalue weighted by Gasteiger charge is -2.32. The van der Waals surface area contributed by atoms with E-state index in [2.05, 4.69) is 25.5 Å². The summed E-state index contributed by atoms with van der Waals surface area (Å²) in [4.78, 5) is 23.0. The molecule has 1 amide bonds. The van der Waals surface area contributed by atoms with Gasteiger partial charge in [0, 0.05) is 37.0 Å². The molecule has 138 valence electrons. The number of aromatic hydroxyl groups is 1. The monoisotopic (exact) mass is 365 g/mol. The standard InChI is InChI=1S/C18H19N7O2/c1-12-9-19-10-20-17(12)13-4-6-24(7-5-13)18(27)15-3-2-14(8-16(15)26)25-11-21-22-23-25/h2-3,8-11,13,26H,4-7H2,1H3. The van der Waals surface area contributed by atoms with E-state index < -0.39 is 0 Å². The molecule has 1 N–H and O–H groups in total. The third kappa shape index (κ3) is 3.35. The van der Waals surface area contributed by atoms with Gasteiger partial charge in [-0.1, -0.05) is 0 Å². The summed E-state index contributed by atoms with van der Waals surface area (Å²) in [5.74, 6) is 0.0724. The number of tetrazole rings is 1. The molecular formula is C18H19N7O2. The number of phenols is 1. The highest BCUT2D eigenvalue weighted by atomic mass is 16.3. The molecule has 3 heterocycles.